The molecule has 3 rings (SSSR count). The first kappa shape index (κ1) is 11.5. The molecule has 2 N–H and O–H groups in total. The number of hydrogen-bond donors (Lipinski definition) is 2. The highest BCUT2D eigenvalue weighted by Gasteiger charge is 2.12. The van der Waals surface area contributed by atoms with Gasteiger partial charge in [-0.2, -0.15) is 0 Å². The zero-order chi connectivity index (χ0) is 13.6. The first-order chi connectivity index (χ1) is 9.06. The third-order valence-electron chi connectivity index (χ3n) is 3.08. The van der Waals surface area contributed by atoms with Crippen LogP contribution in [-0.4, -0.2) is 19.8 Å². The molecule has 4 nitrogen and oxygen atoms in total. The van der Waals surface area contributed by atoms with E-state index in [1.54, 1.807) is 23.7 Å². The second kappa shape index (κ2) is 3.98. The molecule has 2 aromatic carbocycles. The number of phenols is 2. The van der Waals surface area contributed by atoms with Crippen LogP contribution in [0.3, 0.4) is 0 Å². The van der Waals surface area contributed by atoms with E-state index in [4.69, 9.17) is 0 Å². The second-order valence-electron chi connectivity index (χ2n) is 4.33. The SMILES string of the molecule is Cn1c(-c2ccc(O)c(O)c2)nc2ccc(F)cc21. The normalized spacial score (nSPS) is 11.1. The molecule has 0 radical (unpaired) electrons. The zero-order valence-corrected chi connectivity index (χ0v) is 10.1. The van der Waals surface area contributed by atoms with Crippen molar-refractivity contribution in [3.63, 3.8) is 0 Å². The number of benzene rings is 2. The summed E-state index contributed by atoms with van der Waals surface area (Å²) in [5, 5.41) is 18.8. The molecule has 0 amide bonds. The van der Waals surface area contributed by atoms with Crippen LogP contribution < -0.4 is 0 Å². The summed E-state index contributed by atoms with van der Waals surface area (Å²) in [7, 11) is 1.77. The number of imidazole rings is 1. The lowest BCUT2D eigenvalue weighted by Crippen LogP contribution is -1.92. The number of halogens is 1. The summed E-state index contributed by atoms with van der Waals surface area (Å²) < 4.78 is 15.0. The summed E-state index contributed by atoms with van der Waals surface area (Å²) in [5.41, 5.74) is 1.99. The number of fused-ring (bicyclic) bond motifs is 1. The first-order valence-electron chi connectivity index (χ1n) is 5.70. The fourth-order valence-corrected chi connectivity index (χ4v) is 2.08. The molecule has 96 valence electrons. The van der Waals surface area contributed by atoms with Gasteiger partial charge < -0.3 is 14.8 Å². The van der Waals surface area contributed by atoms with Gasteiger partial charge in [-0.15, -0.1) is 0 Å². The van der Waals surface area contributed by atoms with E-state index in [1.807, 2.05) is 0 Å². The lowest BCUT2D eigenvalue weighted by Gasteiger charge is -2.04. The molecule has 0 fully saturated rings. The Hall–Kier alpha value is -2.56. The van der Waals surface area contributed by atoms with Crippen molar-refractivity contribution in [3.8, 4) is 22.9 Å². The molecule has 0 aliphatic carbocycles. The van der Waals surface area contributed by atoms with Crippen molar-refractivity contribution in [1.82, 2.24) is 9.55 Å². The minimum Gasteiger partial charge on any atom is -0.504 e. The summed E-state index contributed by atoms with van der Waals surface area (Å²) in [4.78, 5) is 4.40. The highest BCUT2D eigenvalue weighted by molar-refractivity contribution is 5.81. The predicted octanol–water partition coefficient (Wildman–Crippen LogP) is 2.79. The number of aromatic hydroxyl groups is 2. The largest absolute Gasteiger partial charge is 0.504 e. The van der Waals surface area contributed by atoms with E-state index < -0.39 is 0 Å². The van der Waals surface area contributed by atoms with E-state index in [-0.39, 0.29) is 17.3 Å². The summed E-state index contributed by atoms with van der Waals surface area (Å²) in [6.07, 6.45) is 0. The van der Waals surface area contributed by atoms with Gasteiger partial charge in [0.2, 0.25) is 0 Å². The third-order valence-corrected chi connectivity index (χ3v) is 3.08. The monoisotopic (exact) mass is 258 g/mol. The zero-order valence-electron chi connectivity index (χ0n) is 10.1. The van der Waals surface area contributed by atoms with Gasteiger partial charge in [-0.1, -0.05) is 0 Å². The van der Waals surface area contributed by atoms with Crippen LogP contribution in [0, 0.1) is 5.82 Å². The van der Waals surface area contributed by atoms with Gasteiger partial charge in [0.1, 0.15) is 11.6 Å². The Morgan fingerprint density at radius 3 is 2.58 bits per heavy atom. The average Bonchev–Trinajstić information content (AvgIpc) is 2.70. The van der Waals surface area contributed by atoms with Crippen molar-refractivity contribution in [3.05, 3.63) is 42.2 Å². The van der Waals surface area contributed by atoms with Gasteiger partial charge in [0.05, 0.1) is 11.0 Å². The Morgan fingerprint density at radius 1 is 1.05 bits per heavy atom. The standard InChI is InChI=1S/C14H11FN2O2/c1-17-11-7-9(15)3-4-10(11)16-14(17)8-2-5-12(18)13(19)6-8/h2-7,18-19H,1H3. The Morgan fingerprint density at radius 2 is 1.84 bits per heavy atom. The number of aromatic nitrogens is 2. The van der Waals surface area contributed by atoms with Crippen molar-refractivity contribution in [2.75, 3.05) is 0 Å². The van der Waals surface area contributed by atoms with E-state index in [9.17, 15) is 14.6 Å². The third kappa shape index (κ3) is 1.79. The molecule has 1 aromatic heterocycles. The van der Waals surface area contributed by atoms with Crippen molar-refractivity contribution in [2.24, 2.45) is 7.05 Å². The van der Waals surface area contributed by atoms with Crippen LogP contribution in [0.2, 0.25) is 0 Å². The van der Waals surface area contributed by atoms with Gasteiger partial charge in [-0.25, -0.2) is 9.37 Å². The lowest BCUT2D eigenvalue weighted by atomic mass is 10.2. The smallest absolute Gasteiger partial charge is 0.158 e. The molecule has 3 aromatic rings. The molecule has 0 bridgehead atoms. The molecular formula is C14H11FN2O2. The number of rotatable bonds is 1. The topological polar surface area (TPSA) is 58.3 Å². The van der Waals surface area contributed by atoms with Crippen molar-refractivity contribution in [2.45, 2.75) is 0 Å². The molecule has 1 heterocycles. The maximum atomic E-state index is 13.2. The summed E-state index contributed by atoms with van der Waals surface area (Å²) in [6.45, 7) is 0. The molecule has 0 saturated heterocycles. The van der Waals surface area contributed by atoms with E-state index in [2.05, 4.69) is 4.98 Å². The maximum absolute atomic E-state index is 13.2. The Bertz CT molecular complexity index is 780. The molecule has 0 saturated carbocycles. The predicted molar refractivity (Wildman–Crippen MR) is 69.4 cm³/mol. The van der Waals surface area contributed by atoms with E-state index in [0.717, 1.165) is 0 Å². The fourth-order valence-electron chi connectivity index (χ4n) is 2.08. The molecule has 0 atom stereocenters. The van der Waals surface area contributed by atoms with Crippen molar-refractivity contribution in [1.29, 1.82) is 0 Å². The van der Waals surface area contributed by atoms with Gasteiger partial charge >= 0.3 is 0 Å². The molecule has 19 heavy (non-hydrogen) atoms. The summed E-state index contributed by atoms with van der Waals surface area (Å²) in [5.74, 6) is -0.129. The molecule has 5 heteroatoms. The first-order valence-corrected chi connectivity index (χ1v) is 5.70. The fraction of sp³-hybridized carbons (Fsp3) is 0.0714. The Balaban J connectivity index is 2.24. The van der Waals surface area contributed by atoms with Gasteiger partial charge in [-0.3, -0.25) is 0 Å². The minimum atomic E-state index is -0.324. The van der Waals surface area contributed by atoms with E-state index in [0.29, 0.717) is 22.4 Å². The number of aryl methyl sites for hydroxylation is 1. The molecule has 0 unspecified atom stereocenters. The van der Waals surface area contributed by atoms with Gasteiger partial charge in [0.15, 0.2) is 11.5 Å². The molecule has 0 aliphatic rings. The Kier molecular flexibility index (Phi) is 2.41. The maximum Gasteiger partial charge on any atom is 0.158 e. The van der Waals surface area contributed by atoms with Crippen LogP contribution in [0.25, 0.3) is 22.4 Å². The van der Waals surface area contributed by atoms with Crippen LogP contribution in [0.4, 0.5) is 4.39 Å². The highest BCUT2D eigenvalue weighted by Crippen LogP contribution is 2.31. The van der Waals surface area contributed by atoms with E-state index >= 15 is 0 Å². The summed E-state index contributed by atoms with van der Waals surface area (Å²) in [6, 6.07) is 8.83. The van der Waals surface area contributed by atoms with Crippen LogP contribution in [-0.2, 0) is 7.05 Å². The van der Waals surface area contributed by atoms with Crippen LogP contribution in [0.5, 0.6) is 11.5 Å². The average molecular weight is 258 g/mol. The minimum absolute atomic E-state index is 0.187. The number of nitrogens with zero attached hydrogens (tertiary/aromatic N) is 2. The second-order valence-corrected chi connectivity index (χ2v) is 4.33. The molecule has 0 spiro atoms. The van der Waals surface area contributed by atoms with Gasteiger partial charge in [-0.05, 0) is 36.4 Å². The van der Waals surface area contributed by atoms with Crippen molar-refractivity contribution >= 4 is 11.0 Å². The number of hydrogen-bond acceptors (Lipinski definition) is 3. The van der Waals surface area contributed by atoms with Crippen LogP contribution in [0.1, 0.15) is 0 Å². The van der Waals surface area contributed by atoms with E-state index in [1.165, 1.54) is 24.3 Å². The van der Waals surface area contributed by atoms with Gasteiger partial charge in [0, 0.05) is 12.6 Å². The lowest BCUT2D eigenvalue weighted by molar-refractivity contribution is 0.404. The molecular weight excluding hydrogens is 247 g/mol. The van der Waals surface area contributed by atoms with Crippen LogP contribution in [0.15, 0.2) is 36.4 Å². The summed E-state index contributed by atoms with van der Waals surface area (Å²) >= 11 is 0. The van der Waals surface area contributed by atoms with Crippen LogP contribution >= 0.6 is 0 Å². The highest BCUT2D eigenvalue weighted by atomic mass is 19.1. The number of phenolic OH excluding ortho intramolecular Hbond substituents is 2. The van der Waals surface area contributed by atoms with Crippen molar-refractivity contribution < 1.29 is 14.6 Å². The quantitative estimate of drug-likeness (QED) is 0.660. The molecule has 0 aliphatic heterocycles. The Labute approximate surface area is 108 Å². The van der Waals surface area contributed by atoms with Gasteiger partial charge in [0.25, 0.3) is 0 Å².